The van der Waals surface area contributed by atoms with Crippen LogP contribution in [0.5, 0.6) is 5.75 Å². The number of amides is 1. The lowest BCUT2D eigenvalue weighted by atomic mass is 10.1. The van der Waals surface area contributed by atoms with E-state index in [1.165, 1.54) is 11.1 Å². The molecule has 1 unspecified atom stereocenters. The standard InChI is InChI=1S/C14H15NO2/c1-3-5-14(16)15-11-8-10-6-4-7-13(17-2)12(10)9-11/h4,6-7,11H,8-9H2,1-2H3,(H,15,16). The summed E-state index contributed by atoms with van der Waals surface area (Å²) in [5.41, 5.74) is 2.45. The summed E-state index contributed by atoms with van der Waals surface area (Å²) in [6, 6.07) is 6.15. The zero-order chi connectivity index (χ0) is 12.3. The van der Waals surface area contributed by atoms with Crippen molar-refractivity contribution < 1.29 is 9.53 Å². The maximum atomic E-state index is 11.4. The van der Waals surface area contributed by atoms with E-state index in [9.17, 15) is 4.79 Å². The van der Waals surface area contributed by atoms with Crippen LogP contribution in [0.25, 0.3) is 0 Å². The Bertz CT molecular complexity index is 497. The molecule has 1 aromatic rings. The van der Waals surface area contributed by atoms with Crippen LogP contribution in [-0.4, -0.2) is 19.1 Å². The van der Waals surface area contributed by atoms with Gasteiger partial charge < -0.3 is 10.1 Å². The molecule has 1 atom stereocenters. The number of benzene rings is 1. The molecule has 0 bridgehead atoms. The summed E-state index contributed by atoms with van der Waals surface area (Å²) in [5, 5.41) is 2.91. The van der Waals surface area contributed by atoms with Gasteiger partial charge >= 0.3 is 0 Å². The summed E-state index contributed by atoms with van der Waals surface area (Å²) < 4.78 is 5.32. The largest absolute Gasteiger partial charge is 0.496 e. The molecule has 3 nitrogen and oxygen atoms in total. The first-order valence-electron chi connectivity index (χ1n) is 5.62. The monoisotopic (exact) mass is 229 g/mol. The Labute approximate surface area is 101 Å². The molecule has 1 amide bonds. The van der Waals surface area contributed by atoms with Gasteiger partial charge in [0.05, 0.1) is 7.11 Å². The van der Waals surface area contributed by atoms with Gasteiger partial charge in [-0.3, -0.25) is 4.79 Å². The Morgan fingerprint density at radius 1 is 1.47 bits per heavy atom. The zero-order valence-electron chi connectivity index (χ0n) is 10.0. The summed E-state index contributed by atoms with van der Waals surface area (Å²) >= 11 is 0. The highest BCUT2D eigenvalue weighted by molar-refractivity contribution is 5.93. The van der Waals surface area contributed by atoms with Gasteiger partial charge in [-0.15, -0.1) is 0 Å². The number of nitrogens with one attached hydrogen (secondary N) is 1. The normalized spacial score (nSPS) is 16.7. The molecule has 1 aliphatic carbocycles. The van der Waals surface area contributed by atoms with Gasteiger partial charge in [0.1, 0.15) is 5.75 Å². The minimum absolute atomic E-state index is 0.134. The van der Waals surface area contributed by atoms with E-state index in [4.69, 9.17) is 4.74 Å². The second kappa shape index (κ2) is 4.92. The Morgan fingerprint density at radius 2 is 2.29 bits per heavy atom. The summed E-state index contributed by atoms with van der Waals surface area (Å²) in [7, 11) is 1.67. The minimum atomic E-state index is -0.204. The number of hydrogen-bond acceptors (Lipinski definition) is 2. The lowest BCUT2D eigenvalue weighted by molar-refractivity contribution is -0.116. The van der Waals surface area contributed by atoms with Crippen LogP contribution in [0, 0.1) is 11.8 Å². The zero-order valence-corrected chi connectivity index (χ0v) is 10.0. The third-order valence-electron chi connectivity index (χ3n) is 2.94. The van der Waals surface area contributed by atoms with Crippen molar-refractivity contribution in [3.63, 3.8) is 0 Å². The van der Waals surface area contributed by atoms with E-state index >= 15 is 0 Å². The van der Waals surface area contributed by atoms with Gasteiger partial charge in [-0.05, 0) is 42.9 Å². The van der Waals surface area contributed by atoms with Crippen LogP contribution >= 0.6 is 0 Å². The van der Waals surface area contributed by atoms with Gasteiger partial charge in [0.15, 0.2) is 0 Å². The summed E-state index contributed by atoms with van der Waals surface area (Å²) in [5.74, 6) is 5.79. The maximum absolute atomic E-state index is 11.4. The lowest BCUT2D eigenvalue weighted by Crippen LogP contribution is -2.34. The first-order chi connectivity index (χ1) is 8.24. The Hall–Kier alpha value is -1.95. The highest BCUT2D eigenvalue weighted by atomic mass is 16.5. The van der Waals surface area contributed by atoms with Gasteiger partial charge in [-0.25, -0.2) is 0 Å². The molecule has 0 heterocycles. The van der Waals surface area contributed by atoms with Crippen molar-refractivity contribution in [3.05, 3.63) is 29.3 Å². The molecule has 88 valence electrons. The highest BCUT2D eigenvalue weighted by Crippen LogP contribution is 2.30. The minimum Gasteiger partial charge on any atom is -0.496 e. The fourth-order valence-electron chi connectivity index (χ4n) is 2.25. The first kappa shape index (κ1) is 11.5. The number of carbonyl (C=O) groups is 1. The molecule has 0 aliphatic heterocycles. The number of hydrogen-bond donors (Lipinski definition) is 1. The van der Waals surface area contributed by atoms with Crippen LogP contribution in [-0.2, 0) is 17.6 Å². The smallest absolute Gasteiger partial charge is 0.296 e. The van der Waals surface area contributed by atoms with E-state index in [-0.39, 0.29) is 11.9 Å². The van der Waals surface area contributed by atoms with E-state index in [1.807, 2.05) is 12.1 Å². The molecule has 0 spiro atoms. The molecule has 0 saturated carbocycles. The van der Waals surface area contributed by atoms with Crippen LogP contribution in [0.15, 0.2) is 18.2 Å². The van der Waals surface area contributed by atoms with Crippen molar-refractivity contribution in [1.82, 2.24) is 5.32 Å². The molecule has 0 fully saturated rings. The maximum Gasteiger partial charge on any atom is 0.296 e. The SMILES string of the molecule is CC#CC(=O)NC1Cc2cccc(OC)c2C1. The summed E-state index contributed by atoms with van der Waals surface area (Å²) in [6.45, 7) is 1.66. The second-order valence-electron chi connectivity index (χ2n) is 4.05. The molecule has 17 heavy (non-hydrogen) atoms. The summed E-state index contributed by atoms with van der Waals surface area (Å²) in [4.78, 5) is 11.4. The van der Waals surface area contributed by atoms with Crippen LogP contribution in [0.1, 0.15) is 18.1 Å². The molecular formula is C14H15NO2. The van der Waals surface area contributed by atoms with Crippen LogP contribution in [0.3, 0.4) is 0 Å². The topological polar surface area (TPSA) is 38.3 Å². The summed E-state index contributed by atoms with van der Waals surface area (Å²) in [6.07, 6.45) is 1.67. The number of methoxy groups -OCH3 is 1. The second-order valence-corrected chi connectivity index (χ2v) is 4.05. The number of rotatable bonds is 2. The highest BCUT2D eigenvalue weighted by Gasteiger charge is 2.24. The van der Waals surface area contributed by atoms with Crippen molar-refractivity contribution >= 4 is 5.91 Å². The van der Waals surface area contributed by atoms with E-state index in [1.54, 1.807) is 14.0 Å². The number of ether oxygens (including phenoxy) is 1. The Kier molecular flexibility index (Phi) is 3.34. The lowest BCUT2D eigenvalue weighted by Gasteiger charge is -2.09. The first-order valence-corrected chi connectivity index (χ1v) is 5.62. The van der Waals surface area contributed by atoms with Gasteiger partial charge in [0.2, 0.25) is 0 Å². The average Bonchev–Trinajstić information content (AvgIpc) is 2.70. The van der Waals surface area contributed by atoms with E-state index in [0.717, 1.165) is 18.6 Å². The third-order valence-corrected chi connectivity index (χ3v) is 2.94. The predicted molar refractivity (Wildman–Crippen MR) is 65.8 cm³/mol. The Morgan fingerprint density at radius 3 is 3.00 bits per heavy atom. The van der Waals surface area contributed by atoms with Crippen LogP contribution in [0.4, 0.5) is 0 Å². The molecular weight excluding hydrogens is 214 g/mol. The predicted octanol–water partition coefficient (Wildman–Crippen LogP) is 1.30. The molecule has 0 saturated heterocycles. The number of carbonyl (C=O) groups excluding carboxylic acids is 1. The number of fused-ring (bicyclic) bond motifs is 1. The van der Waals surface area contributed by atoms with Crippen molar-refractivity contribution in [1.29, 1.82) is 0 Å². The van der Waals surface area contributed by atoms with Crippen molar-refractivity contribution in [2.75, 3.05) is 7.11 Å². The van der Waals surface area contributed by atoms with Gasteiger partial charge in [0, 0.05) is 6.04 Å². The third kappa shape index (κ3) is 2.42. The molecule has 3 heteroatoms. The van der Waals surface area contributed by atoms with Gasteiger partial charge in [0.25, 0.3) is 5.91 Å². The van der Waals surface area contributed by atoms with E-state index < -0.39 is 0 Å². The van der Waals surface area contributed by atoms with Crippen molar-refractivity contribution in [2.45, 2.75) is 25.8 Å². The van der Waals surface area contributed by atoms with Crippen molar-refractivity contribution in [3.8, 4) is 17.6 Å². The molecule has 1 aliphatic rings. The molecule has 2 rings (SSSR count). The van der Waals surface area contributed by atoms with E-state index in [0.29, 0.717) is 0 Å². The molecule has 0 radical (unpaired) electrons. The van der Waals surface area contributed by atoms with E-state index in [2.05, 4.69) is 23.2 Å². The van der Waals surface area contributed by atoms with Crippen LogP contribution in [0.2, 0.25) is 0 Å². The fourth-order valence-corrected chi connectivity index (χ4v) is 2.25. The fraction of sp³-hybridized carbons (Fsp3) is 0.357. The quantitative estimate of drug-likeness (QED) is 0.776. The molecule has 1 N–H and O–H groups in total. The van der Waals surface area contributed by atoms with Gasteiger partial charge in [-0.2, -0.15) is 0 Å². The molecule has 1 aromatic carbocycles. The molecule has 0 aromatic heterocycles. The van der Waals surface area contributed by atoms with Crippen molar-refractivity contribution in [2.24, 2.45) is 0 Å². The average molecular weight is 229 g/mol. The van der Waals surface area contributed by atoms with Gasteiger partial charge in [-0.1, -0.05) is 18.1 Å². The Balaban J connectivity index is 2.10. The van der Waals surface area contributed by atoms with Crippen LogP contribution < -0.4 is 10.1 Å².